The van der Waals surface area contributed by atoms with Gasteiger partial charge in [-0.05, 0) is 6.42 Å². The number of carbonyl (C=O) groups is 1. The van der Waals surface area contributed by atoms with Crippen LogP contribution in [0.25, 0.3) is 0 Å². The smallest absolute Gasteiger partial charge is 0.500 e. The number of halogens is 1. The van der Waals surface area contributed by atoms with E-state index < -0.39 is 8.80 Å². The third kappa shape index (κ3) is 7.98. The molecule has 8 heteroatoms. The molecule has 1 atom stereocenters. The van der Waals surface area contributed by atoms with Crippen LogP contribution in [0.1, 0.15) is 19.8 Å². The maximum Gasteiger partial charge on any atom is 0.500 e. The van der Waals surface area contributed by atoms with Gasteiger partial charge in [-0.25, -0.2) is 5.01 Å². The average molecular weight is 327 g/mol. The van der Waals surface area contributed by atoms with Crippen molar-refractivity contribution in [3.8, 4) is 0 Å². The van der Waals surface area contributed by atoms with E-state index in [2.05, 4.69) is 18.9 Å². The molecule has 1 unspecified atom stereocenters. The molecule has 0 bridgehead atoms. The molecule has 2 N–H and O–H groups in total. The van der Waals surface area contributed by atoms with Gasteiger partial charge in [0.2, 0.25) is 0 Å². The van der Waals surface area contributed by atoms with Gasteiger partial charge in [0.1, 0.15) is 0 Å². The second kappa shape index (κ2) is 12.3. The van der Waals surface area contributed by atoms with E-state index in [4.69, 9.17) is 13.3 Å². The fraction of sp³-hybridized carbons (Fsp3) is 0.750. The van der Waals surface area contributed by atoms with Gasteiger partial charge in [0, 0.05) is 39.9 Å². The maximum atomic E-state index is 11.3. The van der Waals surface area contributed by atoms with E-state index in [0.29, 0.717) is 0 Å². The van der Waals surface area contributed by atoms with Crippen LogP contribution in [0.2, 0.25) is 6.04 Å². The predicted molar refractivity (Wildman–Crippen MR) is 75.5 cm³/mol. The Balaban J connectivity index is 0. The summed E-state index contributed by atoms with van der Waals surface area (Å²) in [6, 6.07) is 0.730. The second-order valence-corrected chi connectivity index (χ2v) is 7.29. The fourth-order valence-electron chi connectivity index (χ4n) is 1.85. The van der Waals surface area contributed by atoms with Gasteiger partial charge in [-0.3, -0.25) is 4.79 Å². The molecule has 0 aromatic heterocycles. The maximum absolute atomic E-state index is 11.3. The van der Waals surface area contributed by atoms with Crippen LogP contribution < -0.4 is 22.8 Å². The Kier molecular flexibility index (Phi) is 13.4. The summed E-state index contributed by atoms with van der Waals surface area (Å²) in [5, 5.41) is 1.03. The molecule has 0 aliphatic heterocycles. The predicted octanol–water partition coefficient (Wildman–Crippen LogP) is -3.23. The fourth-order valence-corrected chi connectivity index (χ4v) is 3.57. The van der Waals surface area contributed by atoms with Crippen LogP contribution in [-0.2, 0) is 18.1 Å². The van der Waals surface area contributed by atoms with Crippen molar-refractivity contribution < 1.29 is 35.5 Å². The lowest BCUT2D eigenvalue weighted by Gasteiger charge is -2.25. The molecule has 0 heterocycles. The van der Waals surface area contributed by atoms with Gasteiger partial charge in [0.15, 0.2) is 0 Å². The summed E-state index contributed by atoms with van der Waals surface area (Å²) in [5.41, 5.74) is 2.86. The van der Waals surface area contributed by atoms with Gasteiger partial charge in [-0.15, -0.1) is 0 Å². The van der Waals surface area contributed by atoms with E-state index in [1.807, 2.05) is 0 Å². The third-order valence-corrected chi connectivity index (χ3v) is 5.76. The van der Waals surface area contributed by atoms with Crippen LogP contribution in [0.3, 0.4) is 0 Å². The number of amides is 1. The van der Waals surface area contributed by atoms with Crippen molar-refractivity contribution in [2.75, 3.05) is 34.4 Å². The SMILES string of the molecule is C=CC(=O)N[NH+](CCC)CCC[Si](OC)(OC)OC.[Cl-]. The molecule has 120 valence electrons. The van der Waals surface area contributed by atoms with Gasteiger partial charge in [0.05, 0.1) is 13.1 Å². The van der Waals surface area contributed by atoms with Crippen molar-refractivity contribution >= 4 is 14.7 Å². The van der Waals surface area contributed by atoms with Crippen molar-refractivity contribution in [2.45, 2.75) is 25.8 Å². The second-order valence-electron chi connectivity index (χ2n) is 4.20. The molecule has 0 fully saturated rings. The van der Waals surface area contributed by atoms with Gasteiger partial charge < -0.3 is 25.7 Å². The van der Waals surface area contributed by atoms with Gasteiger partial charge in [-0.2, -0.15) is 5.43 Å². The van der Waals surface area contributed by atoms with Crippen molar-refractivity contribution in [1.29, 1.82) is 0 Å². The summed E-state index contributed by atoms with van der Waals surface area (Å²) in [7, 11) is 2.32. The van der Waals surface area contributed by atoms with E-state index in [-0.39, 0.29) is 18.3 Å². The summed E-state index contributed by atoms with van der Waals surface area (Å²) in [5.74, 6) is -0.155. The van der Waals surface area contributed by atoms with Crippen LogP contribution in [-0.4, -0.2) is 49.1 Å². The van der Waals surface area contributed by atoms with Crippen LogP contribution in [0.5, 0.6) is 0 Å². The van der Waals surface area contributed by atoms with Crippen molar-refractivity contribution in [3.05, 3.63) is 12.7 Å². The molecule has 0 saturated carbocycles. The molecule has 1 amide bonds. The van der Waals surface area contributed by atoms with Crippen molar-refractivity contribution in [3.63, 3.8) is 0 Å². The highest BCUT2D eigenvalue weighted by atomic mass is 35.5. The zero-order valence-corrected chi connectivity index (χ0v) is 14.6. The van der Waals surface area contributed by atoms with Crippen LogP contribution >= 0.6 is 0 Å². The molecular weight excluding hydrogens is 300 g/mol. The number of hydrogen-bond donors (Lipinski definition) is 2. The summed E-state index contributed by atoms with van der Waals surface area (Å²) >= 11 is 0. The minimum atomic E-state index is -2.50. The van der Waals surface area contributed by atoms with Crippen molar-refractivity contribution in [1.82, 2.24) is 5.43 Å². The average Bonchev–Trinajstić information content (AvgIpc) is 2.44. The summed E-state index contributed by atoms with van der Waals surface area (Å²) in [4.78, 5) is 11.3. The molecule has 0 aliphatic carbocycles. The first-order chi connectivity index (χ1) is 9.07. The molecule has 0 rings (SSSR count). The van der Waals surface area contributed by atoms with Crippen molar-refractivity contribution in [2.24, 2.45) is 0 Å². The molecule has 0 spiro atoms. The van der Waals surface area contributed by atoms with Gasteiger partial charge >= 0.3 is 8.80 Å². The molecule has 0 radical (unpaired) electrons. The summed E-state index contributed by atoms with van der Waals surface area (Å²) in [6.07, 6.45) is 3.14. The number of quaternary nitrogens is 1. The number of nitrogens with one attached hydrogen (secondary N) is 2. The zero-order valence-electron chi connectivity index (χ0n) is 12.8. The Morgan fingerprint density at radius 2 is 1.80 bits per heavy atom. The quantitative estimate of drug-likeness (QED) is 0.238. The molecular formula is C12H27ClN2O4Si. The Morgan fingerprint density at radius 1 is 1.25 bits per heavy atom. The first-order valence-corrected chi connectivity index (χ1v) is 8.44. The molecule has 0 aliphatic rings. The first-order valence-electron chi connectivity index (χ1n) is 6.51. The highest BCUT2D eigenvalue weighted by Crippen LogP contribution is 2.13. The lowest BCUT2D eigenvalue weighted by Crippen LogP contribution is -3.19. The van der Waals surface area contributed by atoms with Gasteiger partial charge in [-0.1, -0.05) is 13.5 Å². The minimum Gasteiger partial charge on any atom is -1.00 e. The largest absolute Gasteiger partial charge is 1.00 e. The van der Waals surface area contributed by atoms with Crippen LogP contribution in [0, 0.1) is 0 Å². The highest BCUT2D eigenvalue weighted by Gasteiger charge is 2.37. The van der Waals surface area contributed by atoms with E-state index >= 15 is 0 Å². The lowest BCUT2D eigenvalue weighted by molar-refractivity contribution is -0.936. The monoisotopic (exact) mass is 326 g/mol. The third-order valence-electron chi connectivity index (χ3n) is 2.93. The normalized spacial score (nSPS) is 12.4. The molecule has 0 aromatic rings. The zero-order chi connectivity index (χ0) is 14.7. The molecule has 0 aromatic carbocycles. The number of hydrogen-bond acceptors (Lipinski definition) is 4. The van der Waals surface area contributed by atoms with E-state index in [1.165, 1.54) is 6.08 Å². The Hall–Kier alpha value is -0.443. The molecule has 0 saturated heterocycles. The van der Waals surface area contributed by atoms with E-state index in [9.17, 15) is 4.79 Å². The lowest BCUT2D eigenvalue weighted by atomic mass is 10.4. The van der Waals surface area contributed by atoms with E-state index in [0.717, 1.165) is 37.0 Å². The number of rotatable bonds is 11. The molecule has 6 nitrogen and oxygen atoms in total. The van der Waals surface area contributed by atoms with E-state index in [1.54, 1.807) is 21.3 Å². The Labute approximate surface area is 129 Å². The Bertz CT molecular complexity index is 270. The Morgan fingerprint density at radius 3 is 2.20 bits per heavy atom. The summed E-state index contributed by atoms with van der Waals surface area (Å²) < 4.78 is 16.1. The van der Waals surface area contributed by atoms with Crippen LogP contribution in [0.15, 0.2) is 12.7 Å². The number of carbonyl (C=O) groups excluding carboxylic acids is 1. The first kappa shape index (κ1) is 21.8. The van der Waals surface area contributed by atoms with Gasteiger partial charge in [0.25, 0.3) is 5.91 Å². The van der Waals surface area contributed by atoms with Crippen LogP contribution in [0.4, 0.5) is 0 Å². The minimum absolute atomic E-state index is 0. The summed E-state index contributed by atoms with van der Waals surface area (Å²) in [6.45, 7) is 7.22. The highest BCUT2D eigenvalue weighted by molar-refractivity contribution is 6.60. The topological polar surface area (TPSA) is 61.2 Å². The molecule has 20 heavy (non-hydrogen) atoms. The standard InChI is InChI=1S/C12H26N2O4Si.ClH/c1-6-9-14(13-12(15)7-2)10-8-11-19(16-3,17-4)18-5;/h7H,2,6,8-11H2,1,3-5H3,(H,13,15);1H.